The molecular weight excluding hydrogens is 315 g/mol. The molecule has 6 heteroatoms. The first-order valence-corrected chi connectivity index (χ1v) is 8.17. The van der Waals surface area contributed by atoms with E-state index in [0.29, 0.717) is 5.69 Å². The summed E-state index contributed by atoms with van der Waals surface area (Å²) in [6, 6.07) is 12.8. The molecule has 0 atom stereocenters. The summed E-state index contributed by atoms with van der Waals surface area (Å²) in [5.74, 6) is -1.20. The fourth-order valence-electron chi connectivity index (χ4n) is 2.07. The summed E-state index contributed by atoms with van der Waals surface area (Å²) < 4.78 is 13.2. The summed E-state index contributed by atoms with van der Waals surface area (Å²) in [6.45, 7) is -0.113. The Morgan fingerprint density at radius 3 is 2.61 bits per heavy atom. The van der Waals surface area contributed by atoms with E-state index in [1.54, 1.807) is 6.07 Å². The van der Waals surface area contributed by atoms with Crippen molar-refractivity contribution >= 4 is 29.3 Å². The van der Waals surface area contributed by atoms with Crippen molar-refractivity contribution in [3.05, 3.63) is 59.9 Å². The molecule has 0 unspecified atom stereocenters. The zero-order valence-electron chi connectivity index (χ0n) is 12.9. The number of hydrogen-bond donors (Lipinski definition) is 1. The first-order valence-electron chi connectivity index (χ1n) is 6.95. The molecule has 4 nitrogen and oxygen atoms in total. The van der Waals surface area contributed by atoms with Crippen LogP contribution in [0.15, 0.2) is 53.4 Å². The first-order chi connectivity index (χ1) is 11.0. The van der Waals surface area contributed by atoms with Gasteiger partial charge in [0.05, 0.1) is 12.2 Å². The van der Waals surface area contributed by atoms with Crippen LogP contribution >= 0.6 is 11.8 Å². The summed E-state index contributed by atoms with van der Waals surface area (Å²) in [5.41, 5.74) is 0.918. The molecule has 2 rings (SSSR count). The van der Waals surface area contributed by atoms with E-state index in [-0.39, 0.29) is 18.0 Å². The lowest BCUT2D eigenvalue weighted by atomic mass is 10.2. The summed E-state index contributed by atoms with van der Waals surface area (Å²) in [4.78, 5) is 26.5. The first kappa shape index (κ1) is 17.0. The van der Waals surface area contributed by atoms with Gasteiger partial charge in [0.25, 0.3) is 5.91 Å². The number of hydrogen-bond acceptors (Lipinski definition) is 3. The van der Waals surface area contributed by atoms with E-state index in [0.717, 1.165) is 11.0 Å². The lowest BCUT2D eigenvalue weighted by Crippen LogP contribution is -2.35. The molecule has 0 fully saturated rings. The van der Waals surface area contributed by atoms with Crippen LogP contribution in [0.1, 0.15) is 10.4 Å². The Hall–Kier alpha value is -2.34. The highest BCUT2D eigenvalue weighted by Crippen LogP contribution is 2.24. The highest BCUT2D eigenvalue weighted by Gasteiger charge is 2.16. The highest BCUT2D eigenvalue weighted by molar-refractivity contribution is 7.98. The van der Waals surface area contributed by atoms with Gasteiger partial charge in [-0.3, -0.25) is 9.59 Å². The number of amides is 2. The average molecular weight is 332 g/mol. The Morgan fingerprint density at radius 2 is 1.91 bits per heavy atom. The van der Waals surface area contributed by atoms with Crippen molar-refractivity contribution in [2.75, 3.05) is 25.2 Å². The molecule has 1 N–H and O–H groups in total. The minimum Gasteiger partial charge on any atom is -0.332 e. The summed E-state index contributed by atoms with van der Waals surface area (Å²) in [5, 5.41) is 2.78. The number of nitrogens with one attached hydrogen (secondary N) is 1. The van der Waals surface area contributed by atoms with Crippen molar-refractivity contribution in [3.8, 4) is 0 Å². The van der Waals surface area contributed by atoms with Crippen LogP contribution in [0.4, 0.5) is 10.1 Å². The second-order valence-electron chi connectivity index (χ2n) is 4.92. The number of benzene rings is 2. The van der Waals surface area contributed by atoms with Crippen molar-refractivity contribution in [1.82, 2.24) is 4.90 Å². The van der Waals surface area contributed by atoms with E-state index < -0.39 is 11.7 Å². The topological polar surface area (TPSA) is 49.4 Å². The van der Waals surface area contributed by atoms with E-state index in [4.69, 9.17) is 0 Å². The second kappa shape index (κ2) is 7.78. The molecule has 2 aromatic rings. The number of anilines is 1. The lowest BCUT2D eigenvalue weighted by molar-refractivity contribution is -0.116. The molecule has 0 heterocycles. The number of thioether (sulfide) groups is 1. The van der Waals surface area contributed by atoms with Crippen molar-refractivity contribution in [3.63, 3.8) is 0 Å². The minimum atomic E-state index is -0.484. The zero-order valence-corrected chi connectivity index (χ0v) is 13.7. The summed E-state index contributed by atoms with van der Waals surface area (Å²) in [6.07, 6.45) is 1.92. The van der Waals surface area contributed by atoms with Crippen LogP contribution in [-0.2, 0) is 4.79 Å². The van der Waals surface area contributed by atoms with Gasteiger partial charge >= 0.3 is 0 Å². The van der Waals surface area contributed by atoms with Gasteiger partial charge in [-0.2, -0.15) is 0 Å². The Morgan fingerprint density at radius 1 is 1.17 bits per heavy atom. The molecule has 0 saturated heterocycles. The number of carbonyl (C=O) groups excluding carboxylic acids is 2. The average Bonchev–Trinajstić information content (AvgIpc) is 2.54. The van der Waals surface area contributed by atoms with Gasteiger partial charge < -0.3 is 10.2 Å². The number of carbonyl (C=O) groups is 2. The number of likely N-dealkylation sites (N-methyl/N-ethyl adjacent to an activating group) is 1. The molecule has 0 aromatic heterocycles. The van der Waals surface area contributed by atoms with Crippen LogP contribution in [0.5, 0.6) is 0 Å². The van der Waals surface area contributed by atoms with Crippen LogP contribution < -0.4 is 5.32 Å². The quantitative estimate of drug-likeness (QED) is 0.855. The molecule has 120 valence electrons. The molecule has 0 aliphatic heterocycles. The molecule has 0 bridgehead atoms. The number of nitrogens with zero attached hydrogens (tertiary/aromatic N) is 1. The van der Waals surface area contributed by atoms with Crippen molar-refractivity contribution < 1.29 is 14.0 Å². The summed E-state index contributed by atoms with van der Waals surface area (Å²) >= 11 is 1.52. The number of para-hydroxylation sites is 1. The smallest absolute Gasteiger partial charge is 0.254 e. The molecule has 2 amide bonds. The van der Waals surface area contributed by atoms with Crippen LogP contribution in [-0.4, -0.2) is 36.6 Å². The van der Waals surface area contributed by atoms with Crippen LogP contribution in [0.3, 0.4) is 0 Å². The van der Waals surface area contributed by atoms with Crippen LogP contribution in [0.2, 0.25) is 0 Å². The third kappa shape index (κ3) is 4.56. The van der Waals surface area contributed by atoms with Crippen molar-refractivity contribution in [1.29, 1.82) is 0 Å². The largest absolute Gasteiger partial charge is 0.332 e. The molecule has 0 radical (unpaired) electrons. The molecule has 0 saturated carbocycles. The SMILES string of the molecule is CSc1ccccc1NC(=O)CN(C)C(=O)c1cccc(F)c1. The molecule has 0 spiro atoms. The van der Waals surface area contributed by atoms with E-state index >= 15 is 0 Å². The van der Waals surface area contributed by atoms with Crippen LogP contribution in [0, 0.1) is 5.82 Å². The van der Waals surface area contributed by atoms with E-state index in [2.05, 4.69) is 5.32 Å². The lowest BCUT2D eigenvalue weighted by Gasteiger charge is -2.17. The van der Waals surface area contributed by atoms with Gasteiger partial charge in [0.2, 0.25) is 5.91 Å². The van der Waals surface area contributed by atoms with Crippen molar-refractivity contribution in [2.45, 2.75) is 4.90 Å². The van der Waals surface area contributed by atoms with E-state index in [1.807, 2.05) is 24.5 Å². The maximum Gasteiger partial charge on any atom is 0.254 e. The van der Waals surface area contributed by atoms with Crippen molar-refractivity contribution in [2.24, 2.45) is 0 Å². The molecular formula is C17H17FN2O2S. The Labute approximate surface area is 138 Å². The molecule has 2 aromatic carbocycles. The number of halogens is 1. The Bertz CT molecular complexity index is 721. The predicted octanol–water partition coefficient (Wildman–Crippen LogP) is 3.26. The van der Waals surface area contributed by atoms with Gasteiger partial charge in [-0.1, -0.05) is 18.2 Å². The van der Waals surface area contributed by atoms with E-state index in [1.165, 1.54) is 41.9 Å². The molecule has 0 aliphatic carbocycles. The highest BCUT2D eigenvalue weighted by atomic mass is 32.2. The molecule has 0 aliphatic rings. The van der Waals surface area contributed by atoms with Gasteiger partial charge in [0, 0.05) is 17.5 Å². The van der Waals surface area contributed by atoms with Gasteiger partial charge in [-0.05, 0) is 36.6 Å². The third-order valence-electron chi connectivity index (χ3n) is 3.18. The summed E-state index contributed by atoms with van der Waals surface area (Å²) in [7, 11) is 1.51. The molecule has 23 heavy (non-hydrogen) atoms. The Kier molecular flexibility index (Phi) is 5.76. The fourth-order valence-corrected chi connectivity index (χ4v) is 2.62. The standard InChI is InChI=1S/C17H17FN2O2S/c1-20(17(22)12-6-5-7-13(18)10-12)11-16(21)19-14-8-3-4-9-15(14)23-2/h3-10H,11H2,1-2H3,(H,19,21). The van der Waals surface area contributed by atoms with Gasteiger partial charge in [-0.25, -0.2) is 4.39 Å². The van der Waals surface area contributed by atoms with Gasteiger partial charge in [-0.15, -0.1) is 11.8 Å². The number of rotatable bonds is 5. The third-order valence-corrected chi connectivity index (χ3v) is 3.98. The second-order valence-corrected chi connectivity index (χ2v) is 5.77. The maximum absolute atomic E-state index is 13.2. The van der Waals surface area contributed by atoms with Gasteiger partial charge in [0.15, 0.2) is 0 Å². The Balaban J connectivity index is 2.01. The zero-order chi connectivity index (χ0) is 16.8. The normalized spacial score (nSPS) is 10.2. The van der Waals surface area contributed by atoms with Gasteiger partial charge in [0.1, 0.15) is 5.82 Å². The maximum atomic E-state index is 13.2. The monoisotopic (exact) mass is 332 g/mol. The van der Waals surface area contributed by atoms with E-state index in [9.17, 15) is 14.0 Å². The predicted molar refractivity (Wildman–Crippen MR) is 90.2 cm³/mol. The van der Waals surface area contributed by atoms with Crippen LogP contribution in [0.25, 0.3) is 0 Å². The fraction of sp³-hybridized carbons (Fsp3) is 0.176. The minimum absolute atomic E-state index is 0.113.